The van der Waals surface area contributed by atoms with Crippen LogP contribution in [0.15, 0.2) is 46.2 Å². The number of nitrogens with zero attached hydrogens (tertiary/aromatic N) is 6. The van der Waals surface area contributed by atoms with Gasteiger partial charge in [0.25, 0.3) is 5.56 Å². The third-order valence-corrected chi connectivity index (χ3v) is 6.32. The zero-order chi connectivity index (χ0) is 30.6. The van der Waals surface area contributed by atoms with E-state index in [0.29, 0.717) is 18.4 Å². The van der Waals surface area contributed by atoms with Gasteiger partial charge in [0.1, 0.15) is 0 Å². The Balaban J connectivity index is 1.81. The lowest BCUT2D eigenvalue weighted by Gasteiger charge is -2.11. The van der Waals surface area contributed by atoms with E-state index in [0.717, 1.165) is 21.3 Å². The van der Waals surface area contributed by atoms with Gasteiger partial charge in [-0.1, -0.05) is 26.0 Å². The van der Waals surface area contributed by atoms with Crippen molar-refractivity contribution in [3.8, 4) is 11.4 Å². The molecule has 15 heteroatoms. The number of rotatable bonds is 10. The fourth-order valence-electron chi connectivity index (χ4n) is 4.40. The number of halogens is 3. The number of imidazole rings is 1. The topological polar surface area (TPSA) is 132 Å². The van der Waals surface area contributed by atoms with Crippen molar-refractivity contribution in [3.05, 3.63) is 68.6 Å². The molecular weight excluding hydrogens is 561 g/mol. The van der Waals surface area contributed by atoms with E-state index in [-0.39, 0.29) is 48.6 Å². The predicted octanol–water partition coefficient (Wildman–Crippen LogP) is 4.01. The Kier molecular flexibility index (Phi) is 8.97. The molecule has 0 saturated heterocycles. The maximum absolute atomic E-state index is 13.5. The van der Waals surface area contributed by atoms with Gasteiger partial charge in [0.15, 0.2) is 17.0 Å². The number of hydrogen-bond donors (Lipinski definition) is 0. The van der Waals surface area contributed by atoms with Crippen molar-refractivity contribution in [2.75, 3.05) is 6.79 Å². The summed E-state index contributed by atoms with van der Waals surface area (Å²) in [5.74, 6) is -0.680. The van der Waals surface area contributed by atoms with E-state index >= 15 is 0 Å². The first-order valence-corrected chi connectivity index (χ1v) is 13.3. The fourth-order valence-corrected chi connectivity index (χ4v) is 4.40. The molecule has 0 amide bonds. The molecule has 3 heterocycles. The molecule has 0 unspecified atom stereocenters. The first-order chi connectivity index (χ1) is 20.0. The van der Waals surface area contributed by atoms with Gasteiger partial charge in [0.2, 0.25) is 6.79 Å². The van der Waals surface area contributed by atoms with Gasteiger partial charge in [-0.15, -0.1) is 0 Å². The maximum atomic E-state index is 13.5. The Bertz CT molecular complexity index is 1730. The second-order valence-electron chi connectivity index (χ2n) is 9.35. The number of hydrogen-bond acceptors (Lipinski definition) is 8. The summed E-state index contributed by atoms with van der Waals surface area (Å²) in [4.78, 5) is 56.1. The number of benzene rings is 1. The van der Waals surface area contributed by atoms with Gasteiger partial charge in [-0.25, -0.2) is 19.1 Å². The summed E-state index contributed by atoms with van der Waals surface area (Å²) in [7, 11) is 0. The average Bonchev–Trinajstić information content (AvgIpc) is 3.56. The molecule has 4 rings (SSSR count). The molecule has 0 atom stereocenters. The molecule has 0 spiro atoms. The van der Waals surface area contributed by atoms with Crippen molar-refractivity contribution in [1.29, 1.82) is 0 Å². The Morgan fingerprint density at radius 1 is 1.02 bits per heavy atom. The minimum absolute atomic E-state index is 0.0368. The number of fused-ring (bicyclic) bond motifs is 1. The molecule has 0 aliphatic carbocycles. The summed E-state index contributed by atoms with van der Waals surface area (Å²) in [6.45, 7) is 4.71. The minimum atomic E-state index is -4.51. The first kappa shape index (κ1) is 30.3. The highest BCUT2D eigenvalue weighted by molar-refractivity contribution is 5.90. The smallest absolute Gasteiger partial charge is 0.423 e. The van der Waals surface area contributed by atoms with Gasteiger partial charge in [0.05, 0.1) is 23.9 Å². The van der Waals surface area contributed by atoms with Crippen LogP contribution in [0.25, 0.3) is 22.6 Å². The summed E-state index contributed by atoms with van der Waals surface area (Å²) in [5, 5.41) is 4.19. The van der Waals surface area contributed by atoms with Gasteiger partial charge in [0, 0.05) is 25.7 Å². The molecular formula is C27H29F3N6O6. The number of ether oxygens (including phenoxy) is 2. The van der Waals surface area contributed by atoms with Gasteiger partial charge >= 0.3 is 23.9 Å². The van der Waals surface area contributed by atoms with Crippen LogP contribution in [0, 0.1) is 0 Å². The van der Waals surface area contributed by atoms with Crippen molar-refractivity contribution in [2.45, 2.75) is 65.8 Å². The lowest BCUT2D eigenvalue weighted by atomic mass is 10.1. The van der Waals surface area contributed by atoms with Crippen LogP contribution in [0.4, 0.5) is 18.0 Å². The molecule has 0 saturated carbocycles. The van der Waals surface area contributed by atoms with E-state index in [1.165, 1.54) is 33.8 Å². The van der Waals surface area contributed by atoms with E-state index in [9.17, 15) is 32.3 Å². The largest absolute Gasteiger partial charge is 0.428 e. The SMILES string of the molecule is CCCC(=O)OCOC(=O)n1c(-c2cnn(Cc3cccc(C(F)(F)F)c3)c2)nc2c1c(=O)n(CCC)c(=O)n2CC. The van der Waals surface area contributed by atoms with Gasteiger partial charge in [-0.05, 0) is 37.5 Å². The lowest BCUT2D eigenvalue weighted by Crippen LogP contribution is -2.40. The van der Waals surface area contributed by atoms with E-state index in [1.54, 1.807) is 20.8 Å². The van der Waals surface area contributed by atoms with Gasteiger partial charge in [-0.3, -0.25) is 23.4 Å². The van der Waals surface area contributed by atoms with Crippen LogP contribution in [0.3, 0.4) is 0 Å². The molecule has 0 aliphatic rings. The second-order valence-corrected chi connectivity index (χ2v) is 9.35. The molecule has 0 bridgehead atoms. The molecule has 4 aromatic rings. The van der Waals surface area contributed by atoms with Crippen molar-refractivity contribution < 1.29 is 32.2 Å². The number of carbonyl (C=O) groups is 2. The van der Waals surface area contributed by atoms with Crippen LogP contribution in [0.5, 0.6) is 0 Å². The summed E-state index contributed by atoms with van der Waals surface area (Å²) >= 11 is 0. The van der Waals surface area contributed by atoms with E-state index in [1.807, 2.05) is 0 Å². The zero-order valence-corrected chi connectivity index (χ0v) is 23.2. The monoisotopic (exact) mass is 590 g/mol. The van der Waals surface area contributed by atoms with Gasteiger partial charge < -0.3 is 9.47 Å². The summed E-state index contributed by atoms with van der Waals surface area (Å²) in [6.07, 6.45) is -1.74. The number of alkyl halides is 3. The standard InChI is InChI=1S/C27H29F3N6O6/c1-4-8-20(37)41-16-42-26(40)36-21-23(34(6-3)25(39)35(11-5-2)24(21)38)32-22(36)18-13-31-33(15-18)14-17-9-7-10-19(12-17)27(28,29)30/h7,9-10,12-13,15H,4-6,8,11,14,16H2,1-3H3. The summed E-state index contributed by atoms with van der Waals surface area (Å²) < 4.78 is 54.0. The van der Waals surface area contributed by atoms with E-state index in [2.05, 4.69) is 10.1 Å². The van der Waals surface area contributed by atoms with Crippen molar-refractivity contribution in [2.24, 2.45) is 0 Å². The number of aryl methyl sites for hydroxylation is 1. The van der Waals surface area contributed by atoms with Crippen LogP contribution in [-0.2, 0) is 40.1 Å². The highest BCUT2D eigenvalue weighted by atomic mass is 19.4. The fraction of sp³-hybridized carbons (Fsp3) is 0.407. The van der Waals surface area contributed by atoms with Crippen LogP contribution in [0.2, 0.25) is 0 Å². The molecule has 12 nitrogen and oxygen atoms in total. The minimum Gasteiger partial charge on any atom is -0.428 e. The molecule has 3 aromatic heterocycles. The molecule has 42 heavy (non-hydrogen) atoms. The number of carbonyl (C=O) groups excluding carboxylic acids is 2. The number of esters is 1. The van der Waals surface area contributed by atoms with Crippen molar-refractivity contribution >= 4 is 23.2 Å². The maximum Gasteiger partial charge on any atom is 0.423 e. The van der Waals surface area contributed by atoms with Crippen LogP contribution < -0.4 is 11.2 Å². The Morgan fingerprint density at radius 3 is 2.45 bits per heavy atom. The molecule has 1 aromatic carbocycles. The highest BCUT2D eigenvalue weighted by Crippen LogP contribution is 2.30. The van der Waals surface area contributed by atoms with Crippen molar-refractivity contribution in [1.82, 2.24) is 28.5 Å². The zero-order valence-electron chi connectivity index (χ0n) is 23.2. The third kappa shape index (κ3) is 6.14. The quantitative estimate of drug-likeness (QED) is 0.200. The normalized spacial score (nSPS) is 11.7. The first-order valence-electron chi connectivity index (χ1n) is 13.3. The molecule has 0 fully saturated rings. The highest BCUT2D eigenvalue weighted by Gasteiger charge is 2.30. The third-order valence-electron chi connectivity index (χ3n) is 6.32. The van der Waals surface area contributed by atoms with E-state index < -0.39 is 41.8 Å². The van der Waals surface area contributed by atoms with Crippen LogP contribution in [0.1, 0.15) is 51.2 Å². The Labute approximate surface area is 236 Å². The Morgan fingerprint density at radius 2 is 1.79 bits per heavy atom. The molecule has 0 radical (unpaired) electrons. The van der Waals surface area contributed by atoms with Crippen LogP contribution >= 0.6 is 0 Å². The second kappa shape index (κ2) is 12.4. The summed E-state index contributed by atoms with van der Waals surface area (Å²) in [5.41, 5.74) is -1.93. The Hall–Kier alpha value is -4.69. The average molecular weight is 591 g/mol. The molecule has 224 valence electrons. The number of aromatic nitrogens is 6. The summed E-state index contributed by atoms with van der Waals surface area (Å²) in [6, 6.07) is 4.77. The van der Waals surface area contributed by atoms with Crippen molar-refractivity contribution in [3.63, 3.8) is 0 Å². The molecule has 0 aliphatic heterocycles. The lowest BCUT2D eigenvalue weighted by molar-refractivity contribution is -0.151. The van der Waals surface area contributed by atoms with Crippen LogP contribution in [-0.4, -0.2) is 47.3 Å². The van der Waals surface area contributed by atoms with E-state index in [4.69, 9.17) is 9.47 Å². The molecule has 0 N–H and O–H groups in total. The van der Waals surface area contributed by atoms with Gasteiger partial charge in [-0.2, -0.15) is 18.3 Å². The predicted molar refractivity (Wildman–Crippen MR) is 144 cm³/mol.